The van der Waals surface area contributed by atoms with E-state index in [0.29, 0.717) is 54.7 Å². The van der Waals surface area contributed by atoms with Crippen molar-refractivity contribution in [1.29, 1.82) is 0 Å². The summed E-state index contributed by atoms with van der Waals surface area (Å²) in [6, 6.07) is 25.1. The van der Waals surface area contributed by atoms with Crippen LogP contribution in [0.5, 0.6) is 23.0 Å². The number of carbonyl (C=O) groups excluding carboxylic acids is 1. The maximum atomic E-state index is 14.5. The molecule has 9 nitrogen and oxygen atoms in total. The summed E-state index contributed by atoms with van der Waals surface area (Å²) in [7, 11) is 4.59. The Morgan fingerprint density at radius 3 is 2.33 bits per heavy atom. The highest BCUT2D eigenvalue weighted by Crippen LogP contribution is 2.39. The van der Waals surface area contributed by atoms with Crippen molar-refractivity contribution in [2.24, 2.45) is 4.99 Å². The molecule has 0 radical (unpaired) electrons. The fourth-order valence-electron chi connectivity index (χ4n) is 5.62. The summed E-state index contributed by atoms with van der Waals surface area (Å²) in [5.41, 5.74) is 2.87. The number of fused-ring (bicyclic) bond motifs is 1. The van der Waals surface area contributed by atoms with Crippen molar-refractivity contribution in [2.75, 3.05) is 27.9 Å². The van der Waals surface area contributed by atoms with Gasteiger partial charge >= 0.3 is 5.97 Å². The minimum absolute atomic E-state index is 0.129. The van der Waals surface area contributed by atoms with Gasteiger partial charge in [-0.1, -0.05) is 72.0 Å². The van der Waals surface area contributed by atoms with Crippen LogP contribution < -0.4 is 33.8 Å². The van der Waals surface area contributed by atoms with Gasteiger partial charge in [-0.2, -0.15) is 0 Å². The third kappa shape index (κ3) is 6.70. The first-order valence-corrected chi connectivity index (χ1v) is 16.2. The van der Waals surface area contributed by atoms with E-state index >= 15 is 0 Å². The summed E-state index contributed by atoms with van der Waals surface area (Å²) < 4.78 is 43.8. The molecule has 1 atom stereocenters. The molecular formula is C38H33FN2O7S. The van der Waals surface area contributed by atoms with E-state index in [0.717, 1.165) is 5.56 Å². The highest BCUT2D eigenvalue weighted by Gasteiger charge is 2.35. The first kappa shape index (κ1) is 33.2. The van der Waals surface area contributed by atoms with Gasteiger partial charge in [-0.15, -0.1) is 0 Å². The van der Waals surface area contributed by atoms with Crippen molar-refractivity contribution in [2.45, 2.75) is 19.6 Å². The van der Waals surface area contributed by atoms with Crippen LogP contribution in [0.4, 0.5) is 4.39 Å². The molecule has 1 aromatic heterocycles. The average molecular weight is 681 g/mol. The monoisotopic (exact) mass is 680 g/mol. The molecule has 1 aliphatic rings. The van der Waals surface area contributed by atoms with E-state index in [2.05, 4.69) is 0 Å². The molecule has 0 fully saturated rings. The lowest BCUT2D eigenvalue weighted by Crippen LogP contribution is -2.40. The lowest BCUT2D eigenvalue weighted by atomic mass is 9.93. The predicted molar refractivity (Wildman–Crippen MR) is 184 cm³/mol. The Kier molecular flexibility index (Phi) is 9.91. The number of rotatable bonds is 11. The highest BCUT2D eigenvalue weighted by molar-refractivity contribution is 7.07. The topological polar surface area (TPSA) is 97.6 Å². The van der Waals surface area contributed by atoms with Gasteiger partial charge in [0.05, 0.1) is 49.8 Å². The molecule has 49 heavy (non-hydrogen) atoms. The molecule has 4 aromatic carbocycles. The minimum Gasteiger partial charge on any atom is -0.493 e. The van der Waals surface area contributed by atoms with Crippen LogP contribution in [0, 0.1) is 5.82 Å². The van der Waals surface area contributed by atoms with Crippen LogP contribution in [0.3, 0.4) is 0 Å². The third-order valence-electron chi connectivity index (χ3n) is 7.91. The van der Waals surface area contributed by atoms with E-state index in [4.69, 9.17) is 28.7 Å². The van der Waals surface area contributed by atoms with Crippen LogP contribution in [-0.4, -0.2) is 38.5 Å². The lowest BCUT2D eigenvalue weighted by Gasteiger charge is -2.26. The quantitative estimate of drug-likeness (QED) is 0.166. The van der Waals surface area contributed by atoms with Gasteiger partial charge in [-0.05, 0) is 54.5 Å². The normalized spacial score (nSPS) is 14.1. The van der Waals surface area contributed by atoms with Crippen LogP contribution in [-0.2, 0) is 16.1 Å². The first-order chi connectivity index (χ1) is 23.9. The fraction of sp³-hybridized carbons (Fsp3) is 0.184. The average Bonchev–Trinajstić information content (AvgIpc) is 3.44. The summed E-state index contributed by atoms with van der Waals surface area (Å²) >= 11 is 1.18. The number of ether oxygens (including phenoxy) is 5. The van der Waals surface area contributed by atoms with E-state index in [9.17, 15) is 14.0 Å². The van der Waals surface area contributed by atoms with Gasteiger partial charge in [0.15, 0.2) is 27.8 Å². The van der Waals surface area contributed by atoms with Gasteiger partial charge in [0.1, 0.15) is 12.4 Å². The van der Waals surface area contributed by atoms with Crippen molar-refractivity contribution in [1.82, 2.24) is 4.57 Å². The summed E-state index contributed by atoms with van der Waals surface area (Å²) in [5.74, 6) is 0.864. The second-order valence-electron chi connectivity index (χ2n) is 10.8. The summed E-state index contributed by atoms with van der Waals surface area (Å²) in [4.78, 5) is 33.6. The number of hydrogen-bond acceptors (Lipinski definition) is 9. The van der Waals surface area contributed by atoms with E-state index in [1.54, 1.807) is 55.5 Å². The van der Waals surface area contributed by atoms with Crippen molar-refractivity contribution in [3.05, 3.63) is 144 Å². The number of hydrogen-bond donors (Lipinski definition) is 0. The van der Waals surface area contributed by atoms with Crippen LogP contribution in [0.15, 0.2) is 106 Å². The number of halogens is 1. The zero-order valence-electron chi connectivity index (χ0n) is 27.3. The van der Waals surface area contributed by atoms with Crippen molar-refractivity contribution < 1.29 is 32.9 Å². The van der Waals surface area contributed by atoms with Crippen molar-refractivity contribution >= 4 is 29.1 Å². The number of aromatic nitrogens is 1. The highest BCUT2D eigenvalue weighted by atomic mass is 32.1. The first-order valence-electron chi connectivity index (χ1n) is 15.4. The summed E-state index contributed by atoms with van der Waals surface area (Å²) in [5, 5.41) is 0. The molecule has 5 aromatic rings. The SMILES string of the molecule is CCOC(=O)C1=C(c2ccccc2)N=c2s/c(=C\c3cccc(OC)c3OCc3ccc(F)cc3)c(=O)n2[C@@H]1c1ccc(OC)c(OC)c1. The Hall–Kier alpha value is -5.68. The number of benzene rings is 4. The van der Waals surface area contributed by atoms with E-state index in [1.807, 2.05) is 36.4 Å². The van der Waals surface area contributed by atoms with Gasteiger partial charge in [-0.3, -0.25) is 9.36 Å². The summed E-state index contributed by atoms with van der Waals surface area (Å²) in [6.45, 7) is 2.00. The molecule has 2 heterocycles. The Bertz CT molecular complexity index is 2210. The van der Waals surface area contributed by atoms with Crippen molar-refractivity contribution in [3.63, 3.8) is 0 Å². The number of thiazole rings is 1. The lowest BCUT2D eigenvalue weighted by molar-refractivity contribution is -0.138. The Balaban J connectivity index is 1.57. The molecule has 0 saturated carbocycles. The second-order valence-corrected chi connectivity index (χ2v) is 11.8. The van der Waals surface area contributed by atoms with E-state index in [1.165, 1.54) is 49.4 Å². The molecule has 0 spiro atoms. The number of carbonyl (C=O) groups is 1. The van der Waals surface area contributed by atoms with E-state index in [-0.39, 0.29) is 30.2 Å². The van der Waals surface area contributed by atoms with Gasteiger partial charge < -0.3 is 23.7 Å². The molecule has 0 saturated heterocycles. The third-order valence-corrected chi connectivity index (χ3v) is 8.89. The molecule has 0 bridgehead atoms. The van der Waals surface area contributed by atoms with E-state index < -0.39 is 12.0 Å². The maximum absolute atomic E-state index is 14.5. The van der Waals surface area contributed by atoms with Crippen LogP contribution in [0.25, 0.3) is 11.8 Å². The van der Waals surface area contributed by atoms with Crippen molar-refractivity contribution in [3.8, 4) is 23.0 Å². The largest absolute Gasteiger partial charge is 0.493 e. The maximum Gasteiger partial charge on any atom is 0.338 e. The van der Waals surface area contributed by atoms with Gasteiger partial charge in [0.2, 0.25) is 0 Å². The van der Waals surface area contributed by atoms with Crippen LogP contribution in [0.1, 0.15) is 35.2 Å². The second kappa shape index (κ2) is 14.6. The molecule has 0 aliphatic carbocycles. The van der Waals surface area contributed by atoms with Gasteiger partial charge in [0.25, 0.3) is 5.56 Å². The Morgan fingerprint density at radius 2 is 1.63 bits per heavy atom. The molecule has 0 amide bonds. The predicted octanol–water partition coefficient (Wildman–Crippen LogP) is 5.68. The number of methoxy groups -OCH3 is 3. The molecule has 11 heteroatoms. The standard InChI is InChI=1S/C38H33FN2O7S/c1-5-47-37(43)32-33(24-10-7-6-8-11-24)40-38-41(34(32)25-16-19-28(44-2)30(20-25)46-4)36(42)31(49-38)21-26-12-9-13-29(45-3)35(26)48-22-23-14-17-27(39)18-15-23/h6-21,34H,5,22H2,1-4H3/b31-21-/t34-/m1/s1. The number of para-hydroxylation sites is 1. The number of esters is 1. The Labute approximate surface area is 285 Å². The zero-order valence-corrected chi connectivity index (χ0v) is 28.1. The zero-order chi connectivity index (χ0) is 34.5. The molecule has 0 unspecified atom stereocenters. The molecule has 1 aliphatic heterocycles. The minimum atomic E-state index is -0.910. The van der Waals surface area contributed by atoms with Gasteiger partial charge in [0, 0.05) is 11.1 Å². The molecular weight excluding hydrogens is 647 g/mol. The number of nitrogens with zero attached hydrogens (tertiary/aromatic N) is 2. The molecule has 6 rings (SSSR count). The molecule has 250 valence electrons. The van der Waals surface area contributed by atoms with Crippen LogP contribution >= 0.6 is 11.3 Å². The Morgan fingerprint density at radius 1 is 0.898 bits per heavy atom. The van der Waals surface area contributed by atoms with Crippen LogP contribution in [0.2, 0.25) is 0 Å². The van der Waals surface area contributed by atoms with Gasteiger partial charge in [-0.25, -0.2) is 14.2 Å². The smallest absolute Gasteiger partial charge is 0.338 e. The fourth-order valence-corrected chi connectivity index (χ4v) is 6.61. The molecule has 0 N–H and O–H groups in total. The summed E-state index contributed by atoms with van der Waals surface area (Å²) in [6.07, 6.45) is 1.72.